The summed E-state index contributed by atoms with van der Waals surface area (Å²) in [6.45, 7) is 3.95. The summed E-state index contributed by atoms with van der Waals surface area (Å²) in [5.41, 5.74) is 3.94. The summed E-state index contributed by atoms with van der Waals surface area (Å²) in [5, 5.41) is 6.65. The van der Waals surface area contributed by atoms with E-state index in [2.05, 4.69) is 15.3 Å². The lowest BCUT2D eigenvalue weighted by molar-refractivity contribution is -0.117. The van der Waals surface area contributed by atoms with Crippen LogP contribution in [0.1, 0.15) is 31.6 Å². The number of carbonyl (C=O) groups excluding carboxylic acids is 2. The molecule has 1 amide bonds. The van der Waals surface area contributed by atoms with E-state index in [1.54, 1.807) is 29.5 Å². The molecule has 4 rings (SSSR count). The molecule has 31 heavy (non-hydrogen) atoms. The number of ketones is 1. The molecule has 7 heteroatoms. The van der Waals surface area contributed by atoms with Crippen molar-refractivity contribution in [1.29, 1.82) is 0 Å². The summed E-state index contributed by atoms with van der Waals surface area (Å²) in [4.78, 5) is 35.3. The monoisotopic (exact) mass is 447 g/mol. The third-order valence-corrected chi connectivity index (χ3v) is 6.60. The minimum absolute atomic E-state index is 0.0683. The van der Waals surface area contributed by atoms with Crippen LogP contribution in [0.2, 0.25) is 0 Å². The molecule has 2 aromatic heterocycles. The minimum atomic E-state index is -0.194. The van der Waals surface area contributed by atoms with Gasteiger partial charge in [-0.1, -0.05) is 30.3 Å². The number of carbonyl (C=O) groups is 2. The zero-order valence-electron chi connectivity index (χ0n) is 17.2. The number of aromatic nitrogens is 2. The van der Waals surface area contributed by atoms with Gasteiger partial charge in [0.05, 0.1) is 27.7 Å². The van der Waals surface area contributed by atoms with Gasteiger partial charge in [-0.15, -0.1) is 22.7 Å². The summed E-state index contributed by atoms with van der Waals surface area (Å²) >= 11 is 3.11. The van der Waals surface area contributed by atoms with Gasteiger partial charge in [0.1, 0.15) is 10.8 Å². The topological polar surface area (TPSA) is 72.0 Å². The van der Waals surface area contributed by atoms with Gasteiger partial charge in [-0.3, -0.25) is 9.59 Å². The minimum Gasteiger partial charge on any atom is -0.322 e. The van der Waals surface area contributed by atoms with E-state index in [0.717, 1.165) is 37.5 Å². The Morgan fingerprint density at radius 1 is 0.968 bits per heavy atom. The lowest BCUT2D eigenvalue weighted by Gasteiger charge is -2.07. The number of nitrogens with one attached hydrogen (secondary N) is 1. The van der Waals surface area contributed by atoms with Gasteiger partial charge in [0.15, 0.2) is 0 Å². The Morgan fingerprint density at radius 3 is 2.52 bits per heavy atom. The van der Waals surface area contributed by atoms with Crippen LogP contribution >= 0.6 is 22.7 Å². The normalized spacial score (nSPS) is 10.8. The van der Waals surface area contributed by atoms with Crippen molar-refractivity contribution in [2.75, 3.05) is 5.32 Å². The molecule has 0 spiro atoms. The molecule has 0 aliphatic carbocycles. The maximum atomic E-state index is 12.6. The number of thiazole rings is 2. The molecule has 0 saturated heterocycles. The van der Waals surface area contributed by atoms with Crippen LogP contribution in [0.5, 0.6) is 0 Å². The van der Waals surface area contributed by atoms with Crippen LogP contribution < -0.4 is 5.32 Å². The molecule has 5 nitrogen and oxygen atoms in total. The fraction of sp³-hybridized carbons (Fsp3) is 0.167. The van der Waals surface area contributed by atoms with Crippen LogP contribution in [0.15, 0.2) is 60.0 Å². The number of Topliss-reactive ketones (excluding diaryl/α,β-unsaturated/α-hetero) is 1. The maximum absolute atomic E-state index is 12.6. The van der Waals surface area contributed by atoms with Crippen LogP contribution in [0.4, 0.5) is 5.69 Å². The second-order valence-corrected chi connectivity index (χ2v) is 9.33. The number of rotatable bonds is 7. The van der Waals surface area contributed by atoms with E-state index in [1.807, 2.05) is 55.6 Å². The summed E-state index contributed by atoms with van der Waals surface area (Å²) < 4.78 is 0. The average molecular weight is 448 g/mol. The van der Waals surface area contributed by atoms with Crippen LogP contribution in [0.3, 0.4) is 0 Å². The zero-order chi connectivity index (χ0) is 21.8. The largest absolute Gasteiger partial charge is 0.322 e. The van der Waals surface area contributed by atoms with Crippen LogP contribution in [0, 0.1) is 13.8 Å². The number of amides is 1. The van der Waals surface area contributed by atoms with Gasteiger partial charge < -0.3 is 5.32 Å². The number of para-hydroxylation sites is 1. The number of benzene rings is 2. The SMILES string of the molecule is Cc1nc(C)c(-c2csc(CC(=O)Cc3cccc(C(=O)Nc4ccccc4)c3)n2)s1. The highest BCUT2D eigenvalue weighted by Crippen LogP contribution is 2.30. The Labute approximate surface area is 188 Å². The molecule has 0 aliphatic rings. The van der Waals surface area contributed by atoms with E-state index in [9.17, 15) is 9.59 Å². The Balaban J connectivity index is 1.39. The molecule has 4 aromatic rings. The first-order chi connectivity index (χ1) is 15.0. The van der Waals surface area contributed by atoms with Crippen LogP contribution in [0.25, 0.3) is 10.6 Å². The molecule has 2 heterocycles. The van der Waals surface area contributed by atoms with Crippen molar-refractivity contribution >= 4 is 40.1 Å². The van der Waals surface area contributed by atoms with Crippen molar-refractivity contribution < 1.29 is 9.59 Å². The first-order valence-electron chi connectivity index (χ1n) is 9.84. The summed E-state index contributed by atoms with van der Waals surface area (Å²) in [6.07, 6.45) is 0.544. The highest BCUT2D eigenvalue weighted by molar-refractivity contribution is 7.16. The molecule has 2 aromatic carbocycles. The first-order valence-corrected chi connectivity index (χ1v) is 11.5. The van der Waals surface area contributed by atoms with Crippen molar-refractivity contribution in [3.05, 3.63) is 86.8 Å². The Kier molecular flexibility index (Phi) is 6.34. The molecule has 0 aliphatic heterocycles. The number of anilines is 1. The number of nitrogens with zero attached hydrogens (tertiary/aromatic N) is 2. The van der Waals surface area contributed by atoms with E-state index in [4.69, 9.17) is 0 Å². The maximum Gasteiger partial charge on any atom is 0.255 e. The average Bonchev–Trinajstić information content (AvgIpc) is 3.34. The van der Waals surface area contributed by atoms with Gasteiger partial charge in [0.25, 0.3) is 5.91 Å². The Bertz CT molecular complexity index is 1230. The van der Waals surface area contributed by atoms with E-state index < -0.39 is 0 Å². The van der Waals surface area contributed by atoms with Crippen LogP contribution in [-0.2, 0) is 17.6 Å². The predicted molar refractivity (Wildman–Crippen MR) is 126 cm³/mol. The highest BCUT2D eigenvalue weighted by atomic mass is 32.1. The van der Waals surface area contributed by atoms with Crippen molar-refractivity contribution in [3.8, 4) is 10.6 Å². The van der Waals surface area contributed by atoms with Gasteiger partial charge in [0.2, 0.25) is 0 Å². The number of hydrogen-bond acceptors (Lipinski definition) is 6. The molecular weight excluding hydrogens is 426 g/mol. The predicted octanol–water partition coefficient (Wildman–Crippen LogP) is 5.49. The molecule has 0 unspecified atom stereocenters. The van der Waals surface area contributed by atoms with E-state index in [1.165, 1.54) is 11.3 Å². The lowest BCUT2D eigenvalue weighted by atomic mass is 10.0. The smallest absolute Gasteiger partial charge is 0.255 e. The first kappa shape index (κ1) is 21.1. The molecule has 0 radical (unpaired) electrons. The second kappa shape index (κ2) is 9.32. The highest BCUT2D eigenvalue weighted by Gasteiger charge is 2.14. The van der Waals surface area contributed by atoms with Crippen molar-refractivity contribution in [3.63, 3.8) is 0 Å². The molecular formula is C24H21N3O2S2. The van der Waals surface area contributed by atoms with Gasteiger partial charge in [-0.05, 0) is 43.7 Å². The summed E-state index contributed by atoms with van der Waals surface area (Å²) in [5.74, 6) is -0.126. The third kappa shape index (κ3) is 5.31. The van der Waals surface area contributed by atoms with Gasteiger partial charge in [-0.25, -0.2) is 9.97 Å². The van der Waals surface area contributed by atoms with Crippen molar-refractivity contribution in [2.24, 2.45) is 0 Å². The summed E-state index contributed by atoms with van der Waals surface area (Å²) in [7, 11) is 0. The van der Waals surface area contributed by atoms with Crippen LogP contribution in [-0.4, -0.2) is 21.7 Å². The van der Waals surface area contributed by atoms with E-state index in [-0.39, 0.29) is 24.5 Å². The van der Waals surface area contributed by atoms with Gasteiger partial charge in [0, 0.05) is 23.1 Å². The molecule has 0 bridgehead atoms. The number of hydrogen-bond donors (Lipinski definition) is 1. The van der Waals surface area contributed by atoms with Gasteiger partial charge >= 0.3 is 0 Å². The third-order valence-electron chi connectivity index (χ3n) is 4.66. The zero-order valence-corrected chi connectivity index (χ0v) is 18.8. The fourth-order valence-corrected chi connectivity index (χ4v) is 5.04. The molecule has 156 valence electrons. The quantitative estimate of drug-likeness (QED) is 0.407. The Hall–Kier alpha value is -3.16. The van der Waals surface area contributed by atoms with Crippen molar-refractivity contribution in [1.82, 2.24) is 9.97 Å². The molecule has 0 fully saturated rings. The number of aryl methyl sites for hydroxylation is 2. The van der Waals surface area contributed by atoms with E-state index >= 15 is 0 Å². The van der Waals surface area contributed by atoms with Gasteiger partial charge in [-0.2, -0.15) is 0 Å². The molecule has 1 N–H and O–H groups in total. The lowest BCUT2D eigenvalue weighted by Crippen LogP contribution is -2.13. The van der Waals surface area contributed by atoms with Crippen molar-refractivity contribution in [2.45, 2.75) is 26.7 Å². The standard InChI is InChI=1S/C24H21N3O2S2/c1-15-23(31-16(2)25-15)21-14-30-22(27-21)13-20(28)12-17-7-6-8-18(11-17)24(29)26-19-9-4-3-5-10-19/h3-11,14H,12-13H2,1-2H3,(H,26,29). The summed E-state index contributed by atoms with van der Waals surface area (Å²) in [6, 6.07) is 16.5. The van der Waals surface area contributed by atoms with E-state index in [0.29, 0.717) is 5.56 Å². The Morgan fingerprint density at radius 2 is 1.77 bits per heavy atom. The fourth-order valence-electron chi connectivity index (χ4n) is 3.27. The molecule has 0 atom stereocenters. The second-order valence-electron chi connectivity index (χ2n) is 7.19. The molecule has 0 saturated carbocycles.